The predicted octanol–water partition coefficient (Wildman–Crippen LogP) is 13.3. The summed E-state index contributed by atoms with van der Waals surface area (Å²) < 4.78 is 24.3. The minimum absolute atomic E-state index is 0. The quantitative estimate of drug-likeness (QED) is 0.104. The molecule has 2 aromatic rings. The summed E-state index contributed by atoms with van der Waals surface area (Å²) in [6.45, 7) is 13.9. The van der Waals surface area contributed by atoms with Crippen molar-refractivity contribution in [1.29, 1.82) is 0 Å². The summed E-state index contributed by atoms with van der Waals surface area (Å²) in [4.78, 5) is 0. The first-order chi connectivity index (χ1) is 21.3. The average molecular weight is 840 g/mol. The standard InChI is InChI=1S/2C12H27P.2C8H5F.Pt/c2*1-4-7-10-13(11-8-5-2)12-9-6-3;2*1-2-7-3-5-8(9)6-4-7;/h2*4-12H2,1-3H3;2*1,3-6H;. The number of rotatable bonds is 18. The zero-order valence-corrected chi connectivity index (χ0v) is 33.5. The monoisotopic (exact) mass is 839 g/mol. The van der Waals surface area contributed by atoms with E-state index in [-0.39, 0.29) is 32.7 Å². The number of terminal acetylenes is 2. The molecule has 0 aliphatic carbocycles. The van der Waals surface area contributed by atoms with Crippen molar-refractivity contribution in [2.45, 2.75) is 119 Å². The molecule has 0 aromatic heterocycles. The first-order valence-electron chi connectivity index (χ1n) is 17.2. The van der Waals surface area contributed by atoms with Gasteiger partial charge in [0.15, 0.2) is 0 Å². The van der Waals surface area contributed by atoms with E-state index >= 15 is 0 Å². The number of unbranched alkanes of at least 4 members (excludes halogenated alkanes) is 6. The van der Waals surface area contributed by atoms with Gasteiger partial charge in [0.2, 0.25) is 0 Å². The van der Waals surface area contributed by atoms with Gasteiger partial charge in [-0.15, -0.1) is 28.7 Å². The summed E-state index contributed by atoms with van der Waals surface area (Å²) in [6.07, 6.45) is 36.5. The molecule has 0 amide bonds. The van der Waals surface area contributed by atoms with E-state index in [1.807, 2.05) is 0 Å². The van der Waals surface area contributed by atoms with E-state index in [4.69, 9.17) is 12.8 Å². The Hall–Kier alpha value is -1.03. The third-order valence-electron chi connectivity index (χ3n) is 6.99. The zero-order valence-electron chi connectivity index (χ0n) is 29.5. The van der Waals surface area contributed by atoms with Crippen molar-refractivity contribution in [3.63, 3.8) is 0 Å². The van der Waals surface area contributed by atoms with E-state index < -0.39 is 0 Å². The van der Waals surface area contributed by atoms with Crippen LogP contribution in [0.5, 0.6) is 0 Å². The van der Waals surface area contributed by atoms with Gasteiger partial charge in [0, 0.05) is 32.2 Å². The number of halogens is 2. The van der Waals surface area contributed by atoms with E-state index in [0.717, 1.165) is 0 Å². The Balaban J connectivity index is -0.000000525. The molecule has 0 N–H and O–H groups in total. The molecule has 0 fully saturated rings. The second kappa shape index (κ2) is 37.4. The van der Waals surface area contributed by atoms with Gasteiger partial charge in [0.25, 0.3) is 0 Å². The number of benzene rings is 2. The van der Waals surface area contributed by atoms with Gasteiger partial charge < -0.3 is 0 Å². The summed E-state index contributed by atoms with van der Waals surface area (Å²) in [5.74, 6) is 4.26. The van der Waals surface area contributed by atoms with Crippen LogP contribution < -0.4 is 0 Å². The van der Waals surface area contributed by atoms with Crippen LogP contribution >= 0.6 is 15.8 Å². The summed E-state index contributed by atoms with van der Waals surface area (Å²) in [6, 6.07) is 11.6. The van der Waals surface area contributed by atoms with E-state index in [1.165, 1.54) is 101 Å². The van der Waals surface area contributed by atoms with Gasteiger partial charge in [-0.05, 0) is 124 Å². The van der Waals surface area contributed by atoms with Gasteiger partial charge in [0.1, 0.15) is 11.6 Å². The van der Waals surface area contributed by atoms with E-state index in [0.29, 0.717) is 27.0 Å². The fraction of sp³-hybridized carbons (Fsp3) is 0.600. The molecule has 0 bridgehead atoms. The van der Waals surface area contributed by atoms with E-state index in [1.54, 1.807) is 61.2 Å². The van der Waals surface area contributed by atoms with Crippen LogP contribution in [0.3, 0.4) is 0 Å². The number of hydrogen-bond acceptors (Lipinski definition) is 0. The Labute approximate surface area is 295 Å². The largest absolute Gasteiger partial charge is 0.207 e. The fourth-order valence-corrected chi connectivity index (χ4v) is 9.98. The van der Waals surface area contributed by atoms with Crippen LogP contribution in [0.25, 0.3) is 0 Å². The maximum atomic E-state index is 12.2. The summed E-state index contributed by atoms with van der Waals surface area (Å²) >= 11 is 0. The normalized spacial score (nSPS) is 9.78. The molecule has 0 unspecified atom stereocenters. The first-order valence-corrected chi connectivity index (χ1v) is 21.0. The van der Waals surface area contributed by atoms with Crippen LogP contribution in [0.4, 0.5) is 8.78 Å². The van der Waals surface area contributed by atoms with Crippen LogP contribution in [-0.4, -0.2) is 37.0 Å². The average Bonchev–Trinajstić information content (AvgIpc) is 3.05. The van der Waals surface area contributed by atoms with Gasteiger partial charge in [-0.3, -0.25) is 0 Å². The van der Waals surface area contributed by atoms with Gasteiger partial charge in [-0.2, -0.15) is 0 Å². The summed E-state index contributed by atoms with van der Waals surface area (Å²) in [5.41, 5.74) is 1.41. The molecule has 0 atom stereocenters. The topological polar surface area (TPSA) is 0 Å². The van der Waals surface area contributed by atoms with Crippen molar-refractivity contribution in [3.8, 4) is 24.7 Å². The van der Waals surface area contributed by atoms with Crippen LogP contribution in [0.1, 0.15) is 130 Å². The van der Waals surface area contributed by atoms with E-state index in [9.17, 15) is 8.78 Å². The van der Waals surface area contributed by atoms with Crippen LogP contribution in [-0.2, 0) is 21.1 Å². The molecule has 0 nitrogen and oxygen atoms in total. The van der Waals surface area contributed by atoms with Crippen LogP contribution in [0.2, 0.25) is 0 Å². The molecule has 0 aliphatic rings. The number of hydrogen-bond donors (Lipinski definition) is 0. The second-order valence-electron chi connectivity index (χ2n) is 11.1. The Morgan fingerprint density at radius 2 is 0.644 bits per heavy atom. The molecule has 0 saturated heterocycles. The van der Waals surface area contributed by atoms with Gasteiger partial charge in [-0.25, -0.2) is 8.78 Å². The Morgan fingerprint density at radius 1 is 0.444 bits per heavy atom. The molecule has 5 heteroatoms. The molecule has 0 spiro atoms. The Morgan fingerprint density at radius 3 is 0.800 bits per heavy atom. The van der Waals surface area contributed by atoms with Gasteiger partial charge >= 0.3 is 0 Å². The van der Waals surface area contributed by atoms with Crippen molar-refractivity contribution >= 4 is 15.8 Å². The molecular formula is C40H64F2P2Pt. The maximum absolute atomic E-state index is 12.2. The molecular weight excluding hydrogens is 775 g/mol. The van der Waals surface area contributed by atoms with Crippen molar-refractivity contribution in [2.24, 2.45) is 0 Å². The SMILES string of the molecule is C#Cc1ccc(F)cc1.C#Cc1ccc(F)cc1.CCCCP(CCCC)CCCC.CCCCP(CCCC)CCCC.[Pt]. The minimum atomic E-state index is -0.256. The van der Waals surface area contributed by atoms with Crippen LogP contribution in [0, 0.1) is 36.3 Å². The summed E-state index contributed by atoms with van der Waals surface area (Å²) in [5, 5.41) is 0. The molecule has 0 aliphatic heterocycles. The third kappa shape index (κ3) is 32.7. The fourth-order valence-electron chi connectivity index (χ4n) is 4.05. The first kappa shape index (κ1) is 48.4. The van der Waals surface area contributed by atoms with Crippen molar-refractivity contribution < 1.29 is 29.8 Å². The molecule has 45 heavy (non-hydrogen) atoms. The minimum Gasteiger partial charge on any atom is -0.207 e. The predicted molar refractivity (Wildman–Crippen MR) is 201 cm³/mol. The zero-order chi connectivity index (χ0) is 33.3. The van der Waals surface area contributed by atoms with E-state index in [2.05, 4.69) is 53.4 Å². The molecule has 2 aromatic carbocycles. The molecule has 0 radical (unpaired) electrons. The Kier molecular flexibility index (Phi) is 40.2. The maximum Gasteiger partial charge on any atom is 0.123 e. The molecule has 2 rings (SSSR count). The molecule has 0 heterocycles. The third-order valence-corrected chi connectivity index (χ3v) is 12.7. The van der Waals surface area contributed by atoms with Gasteiger partial charge in [-0.1, -0.05) is 91.9 Å². The van der Waals surface area contributed by atoms with Crippen molar-refractivity contribution in [1.82, 2.24) is 0 Å². The van der Waals surface area contributed by atoms with Crippen LogP contribution in [0.15, 0.2) is 48.5 Å². The molecule has 258 valence electrons. The molecule has 0 saturated carbocycles. The second-order valence-corrected chi connectivity index (χ2v) is 16.5. The van der Waals surface area contributed by atoms with Crippen molar-refractivity contribution in [2.75, 3.05) is 37.0 Å². The smallest absolute Gasteiger partial charge is 0.123 e. The Bertz CT molecular complexity index is 831. The van der Waals surface area contributed by atoms with Gasteiger partial charge in [0.05, 0.1) is 0 Å². The summed E-state index contributed by atoms with van der Waals surface area (Å²) in [7, 11) is 0.843. The van der Waals surface area contributed by atoms with Crippen molar-refractivity contribution in [3.05, 3.63) is 71.3 Å².